The van der Waals surface area contributed by atoms with Gasteiger partial charge in [0.15, 0.2) is 0 Å². The lowest BCUT2D eigenvalue weighted by atomic mass is 10.2. The Kier molecular flexibility index (Phi) is 4.92. The number of methoxy groups -OCH3 is 1. The van der Waals surface area contributed by atoms with Gasteiger partial charge in [-0.1, -0.05) is 35.3 Å². The molecule has 1 saturated heterocycles. The number of benzene rings is 1. The van der Waals surface area contributed by atoms with Gasteiger partial charge in [0.1, 0.15) is 6.54 Å². The van der Waals surface area contributed by atoms with Gasteiger partial charge < -0.3 is 4.74 Å². The molecule has 1 aliphatic rings. The molecule has 0 saturated carbocycles. The molecule has 1 aromatic carbocycles. The number of esters is 1. The number of hydrogen-bond donors (Lipinski definition) is 0. The van der Waals surface area contributed by atoms with Crippen molar-refractivity contribution in [3.63, 3.8) is 0 Å². The monoisotopic (exact) mass is 345 g/mol. The summed E-state index contributed by atoms with van der Waals surface area (Å²) in [4.78, 5) is 36.0. The van der Waals surface area contributed by atoms with Crippen LogP contribution in [0.25, 0.3) is 6.08 Å². The van der Waals surface area contributed by atoms with E-state index in [1.165, 1.54) is 13.2 Å². The Balaban J connectivity index is 2.28. The Bertz CT molecular complexity index is 660. The second kappa shape index (κ2) is 6.51. The normalized spacial score (nSPS) is 16.7. The Hall–Kier alpha value is -1.50. The van der Waals surface area contributed by atoms with Gasteiger partial charge in [-0.3, -0.25) is 19.3 Å². The maximum atomic E-state index is 12.1. The van der Waals surface area contributed by atoms with Crippen molar-refractivity contribution in [2.75, 3.05) is 13.7 Å². The first-order valence-electron chi connectivity index (χ1n) is 5.70. The zero-order chi connectivity index (χ0) is 15.6. The fourth-order valence-corrected chi connectivity index (χ4v) is 2.79. The van der Waals surface area contributed by atoms with E-state index < -0.39 is 23.7 Å². The molecule has 0 bridgehead atoms. The first-order valence-corrected chi connectivity index (χ1v) is 7.27. The number of carbonyl (C=O) groups excluding carboxylic acids is 3. The van der Waals surface area contributed by atoms with E-state index in [9.17, 15) is 14.4 Å². The van der Waals surface area contributed by atoms with E-state index in [1.807, 2.05) is 0 Å². The van der Waals surface area contributed by atoms with Gasteiger partial charge in [0.25, 0.3) is 11.1 Å². The van der Waals surface area contributed by atoms with Gasteiger partial charge in [-0.25, -0.2) is 0 Å². The van der Waals surface area contributed by atoms with Gasteiger partial charge in [0.05, 0.1) is 22.1 Å². The third kappa shape index (κ3) is 3.40. The van der Waals surface area contributed by atoms with Crippen LogP contribution in [0.2, 0.25) is 10.0 Å². The molecule has 21 heavy (non-hydrogen) atoms. The topological polar surface area (TPSA) is 63.7 Å². The molecular weight excluding hydrogens is 337 g/mol. The Morgan fingerprint density at radius 3 is 2.76 bits per heavy atom. The van der Waals surface area contributed by atoms with Crippen LogP contribution in [0.5, 0.6) is 0 Å². The highest BCUT2D eigenvalue weighted by Gasteiger charge is 2.36. The average Bonchev–Trinajstić information content (AvgIpc) is 2.71. The fourth-order valence-electron chi connectivity index (χ4n) is 1.60. The van der Waals surface area contributed by atoms with Crippen molar-refractivity contribution in [2.24, 2.45) is 0 Å². The Morgan fingerprint density at radius 1 is 1.38 bits per heavy atom. The van der Waals surface area contributed by atoms with E-state index in [0.29, 0.717) is 15.6 Å². The molecule has 5 nitrogen and oxygen atoms in total. The highest BCUT2D eigenvalue weighted by atomic mass is 35.5. The zero-order valence-electron chi connectivity index (χ0n) is 10.8. The number of hydrogen-bond acceptors (Lipinski definition) is 5. The van der Waals surface area contributed by atoms with E-state index in [4.69, 9.17) is 23.2 Å². The summed E-state index contributed by atoms with van der Waals surface area (Å²) in [5.41, 5.74) is 0.521. The van der Waals surface area contributed by atoms with Crippen LogP contribution >= 0.6 is 35.0 Å². The van der Waals surface area contributed by atoms with Crippen LogP contribution in [0.15, 0.2) is 23.1 Å². The van der Waals surface area contributed by atoms with Crippen LogP contribution in [0, 0.1) is 0 Å². The van der Waals surface area contributed by atoms with Gasteiger partial charge in [-0.15, -0.1) is 0 Å². The van der Waals surface area contributed by atoms with Crippen molar-refractivity contribution < 1.29 is 19.1 Å². The minimum atomic E-state index is -0.667. The summed E-state index contributed by atoms with van der Waals surface area (Å²) >= 11 is 12.7. The maximum Gasteiger partial charge on any atom is 0.325 e. The number of carbonyl (C=O) groups is 3. The highest BCUT2D eigenvalue weighted by molar-refractivity contribution is 8.18. The van der Waals surface area contributed by atoms with E-state index in [1.54, 1.807) is 18.2 Å². The van der Waals surface area contributed by atoms with Crippen LogP contribution < -0.4 is 0 Å². The third-order valence-corrected chi connectivity index (χ3v) is 4.40. The van der Waals surface area contributed by atoms with Crippen molar-refractivity contribution in [1.29, 1.82) is 0 Å². The van der Waals surface area contributed by atoms with E-state index >= 15 is 0 Å². The summed E-state index contributed by atoms with van der Waals surface area (Å²) in [5.74, 6) is -1.23. The standard InChI is InChI=1S/C13H9Cl2NO4S/c1-20-10(17)6-16-12(18)9(21-13(16)19)5-7-3-2-4-8(14)11(7)15/h2-5H,6H2,1H3/b9-5-. The van der Waals surface area contributed by atoms with Crippen LogP contribution in [0.4, 0.5) is 4.79 Å². The molecule has 8 heteroatoms. The number of nitrogens with zero attached hydrogens (tertiary/aromatic N) is 1. The van der Waals surface area contributed by atoms with Gasteiger partial charge in [-0.05, 0) is 29.5 Å². The molecule has 1 fully saturated rings. The predicted octanol–water partition coefficient (Wildman–Crippen LogP) is 3.20. The number of rotatable bonds is 3. The van der Waals surface area contributed by atoms with Crippen LogP contribution in [0.3, 0.4) is 0 Å². The summed E-state index contributed by atoms with van der Waals surface area (Å²) in [5, 5.41) is 0.105. The second-order valence-electron chi connectivity index (χ2n) is 3.99. The Morgan fingerprint density at radius 2 is 2.10 bits per heavy atom. The third-order valence-electron chi connectivity index (χ3n) is 2.66. The number of amides is 2. The van der Waals surface area contributed by atoms with Crippen LogP contribution in [0.1, 0.15) is 5.56 Å². The summed E-state index contributed by atoms with van der Waals surface area (Å²) in [6, 6.07) is 4.96. The molecule has 0 spiro atoms. The quantitative estimate of drug-likeness (QED) is 0.621. The maximum absolute atomic E-state index is 12.1. The lowest BCUT2D eigenvalue weighted by Crippen LogP contribution is -2.34. The lowest BCUT2D eigenvalue weighted by molar-refractivity contribution is -0.143. The summed E-state index contributed by atoms with van der Waals surface area (Å²) in [6.07, 6.45) is 1.47. The molecule has 0 atom stereocenters. The lowest BCUT2D eigenvalue weighted by Gasteiger charge is -2.09. The zero-order valence-corrected chi connectivity index (χ0v) is 13.1. The number of thioether (sulfide) groups is 1. The smallest absolute Gasteiger partial charge is 0.325 e. The molecule has 0 aromatic heterocycles. The van der Waals surface area contributed by atoms with Crippen molar-refractivity contribution in [1.82, 2.24) is 4.90 Å². The molecule has 0 radical (unpaired) electrons. The van der Waals surface area contributed by atoms with Crippen LogP contribution in [-0.2, 0) is 14.3 Å². The molecule has 1 aromatic rings. The molecule has 1 heterocycles. The molecule has 1 aliphatic heterocycles. The number of halogens is 2. The second-order valence-corrected chi connectivity index (χ2v) is 5.77. The molecule has 0 N–H and O–H groups in total. The van der Waals surface area contributed by atoms with Crippen molar-refractivity contribution >= 4 is 58.2 Å². The molecular formula is C13H9Cl2NO4S. The Labute approximate surface area is 134 Å². The number of imide groups is 1. The van der Waals surface area contributed by atoms with E-state index in [0.717, 1.165) is 16.7 Å². The summed E-state index contributed by atoms with van der Waals surface area (Å²) < 4.78 is 4.44. The van der Waals surface area contributed by atoms with Crippen molar-refractivity contribution in [3.8, 4) is 0 Å². The molecule has 0 unspecified atom stereocenters. The van der Waals surface area contributed by atoms with Crippen LogP contribution in [-0.4, -0.2) is 35.7 Å². The minimum absolute atomic E-state index is 0.174. The molecule has 0 aliphatic carbocycles. The van der Waals surface area contributed by atoms with E-state index in [2.05, 4.69) is 4.74 Å². The molecule has 2 rings (SSSR count). The van der Waals surface area contributed by atoms with Gasteiger partial charge in [0, 0.05) is 0 Å². The highest BCUT2D eigenvalue weighted by Crippen LogP contribution is 2.34. The van der Waals surface area contributed by atoms with Crippen molar-refractivity contribution in [3.05, 3.63) is 38.7 Å². The predicted molar refractivity (Wildman–Crippen MR) is 81.2 cm³/mol. The van der Waals surface area contributed by atoms with Gasteiger partial charge >= 0.3 is 5.97 Å². The van der Waals surface area contributed by atoms with E-state index in [-0.39, 0.29) is 4.91 Å². The van der Waals surface area contributed by atoms with Gasteiger partial charge in [0.2, 0.25) is 0 Å². The average molecular weight is 346 g/mol. The largest absolute Gasteiger partial charge is 0.468 e. The molecule has 2 amide bonds. The first kappa shape index (κ1) is 15.9. The molecule has 110 valence electrons. The van der Waals surface area contributed by atoms with Crippen molar-refractivity contribution in [2.45, 2.75) is 0 Å². The minimum Gasteiger partial charge on any atom is -0.468 e. The first-order chi connectivity index (χ1) is 9.93. The van der Waals surface area contributed by atoms with Gasteiger partial charge in [-0.2, -0.15) is 0 Å². The summed E-state index contributed by atoms with van der Waals surface area (Å²) in [7, 11) is 1.18. The summed E-state index contributed by atoms with van der Waals surface area (Å²) in [6.45, 7) is -0.415. The fraction of sp³-hybridized carbons (Fsp3) is 0.154. The SMILES string of the molecule is COC(=O)CN1C(=O)S/C(=C\c2cccc(Cl)c2Cl)C1=O. The number of ether oxygens (including phenoxy) is 1.